The number of halogens is 3. The Morgan fingerprint density at radius 2 is 1.75 bits per heavy atom. The average molecular weight is 281 g/mol. The molecule has 0 aromatic heterocycles. The van der Waals surface area contributed by atoms with Crippen LogP contribution in [0.25, 0.3) is 0 Å². The molecule has 2 nitrogen and oxygen atoms in total. The van der Waals surface area contributed by atoms with Gasteiger partial charge in [-0.2, -0.15) is 0 Å². The van der Waals surface area contributed by atoms with E-state index in [1.54, 1.807) is 12.1 Å². The van der Waals surface area contributed by atoms with Crippen LogP contribution in [-0.4, -0.2) is 17.3 Å². The van der Waals surface area contributed by atoms with Gasteiger partial charge in [0.1, 0.15) is 0 Å². The smallest absolute Gasteiger partial charge is 0.0741 e. The topological polar surface area (TPSA) is 32.3 Å². The van der Waals surface area contributed by atoms with Gasteiger partial charge in [0.05, 0.1) is 27.9 Å². The number of hydrogen-bond donors (Lipinski definition) is 2. The number of aliphatic hydroxyl groups is 1. The van der Waals surface area contributed by atoms with Crippen molar-refractivity contribution in [2.75, 3.05) is 5.32 Å². The molecule has 1 aromatic carbocycles. The molecule has 0 amide bonds. The highest BCUT2D eigenvalue weighted by Gasteiger charge is 2.26. The van der Waals surface area contributed by atoms with E-state index >= 15 is 0 Å². The Balaban J connectivity index is 2.21. The molecule has 0 heterocycles. The third-order valence-corrected chi connectivity index (χ3v) is 3.63. The molecule has 0 aliphatic heterocycles. The Labute approximate surface area is 110 Å². The molecule has 2 N–H and O–H groups in total. The zero-order valence-electron chi connectivity index (χ0n) is 8.51. The van der Waals surface area contributed by atoms with E-state index in [-0.39, 0.29) is 12.1 Å². The molecule has 0 radical (unpaired) electrons. The van der Waals surface area contributed by atoms with E-state index in [1.165, 1.54) is 0 Å². The van der Waals surface area contributed by atoms with Gasteiger partial charge in [0.2, 0.25) is 0 Å². The Kier molecular flexibility index (Phi) is 3.85. The fourth-order valence-electron chi connectivity index (χ4n) is 1.97. The van der Waals surface area contributed by atoms with Crippen LogP contribution in [0.4, 0.5) is 5.69 Å². The van der Waals surface area contributed by atoms with Crippen LogP contribution in [0.2, 0.25) is 15.1 Å². The minimum atomic E-state index is -0.331. The maximum Gasteiger partial charge on any atom is 0.0741 e. The lowest BCUT2D eigenvalue weighted by molar-refractivity contribution is 0.172. The van der Waals surface area contributed by atoms with Gasteiger partial charge in [-0.25, -0.2) is 0 Å². The maximum atomic E-state index is 9.71. The zero-order valence-corrected chi connectivity index (χ0v) is 10.8. The lowest BCUT2D eigenvalue weighted by atomic mass is 10.2. The van der Waals surface area contributed by atoms with Gasteiger partial charge >= 0.3 is 0 Å². The van der Waals surface area contributed by atoms with Gasteiger partial charge in [0.25, 0.3) is 0 Å². The third-order valence-electron chi connectivity index (χ3n) is 2.82. The SMILES string of the molecule is O[C@H]1CCC[C@@H]1Nc1c(Cl)cc(Cl)cc1Cl. The molecular weight excluding hydrogens is 268 g/mol. The van der Waals surface area contributed by atoms with Crippen LogP contribution in [-0.2, 0) is 0 Å². The largest absolute Gasteiger partial charge is 0.391 e. The van der Waals surface area contributed by atoms with Crippen molar-refractivity contribution in [3.8, 4) is 0 Å². The second kappa shape index (κ2) is 5.01. The monoisotopic (exact) mass is 279 g/mol. The summed E-state index contributed by atoms with van der Waals surface area (Å²) in [6.45, 7) is 0. The number of aliphatic hydroxyl groups excluding tert-OH is 1. The first-order valence-corrected chi connectivity index (χ1v) is 6.30. The Hall–Kier alpha value is -0.150. The van der Waals surface area contributed by atoms with Crippen molar-refractivity contribution in [2.45, 2.75) is 31.4 Å². The molecule has 5 heteroatoms. The molecule has 1 fully saturated rings. The molecule has 1 saturated carbocycles. The van der Waals surface area contributed by atoms with Crippen LogP contribution in [0.3, 0.4) is 0 Å². The van der Waals surface area contributed by atoms with Crippen molar-refractivity contribution >= 4 is 40.5 Å². The summed E-state index contributed by atoms with van der Waals surface area (Å²) in [6.07, 6.45) is 2.43. The van der Waals surface area contributed by atoms with E-state index in [4.69, 9.17) is 34.8 Å². The third kappa shape index (κ3) is 2.57. The minimum absolute atomic E-state index is 0.0242. The number of hydrogen-bond acceptors (Lipinski definition) is 2. The van der Waals surface area contributed by atoms with E-state index < -0.39 is 0 Å². The van der Waals surface area contributed by atoms with Crippen molar-refractivity contribution in [2.24, 2.45) is 0 Å². The van der Waals surface area contributed by atoms with Crippen molar-refractivity contribution in [1.29, 1.82) is 0 Å². The Morgan fingerprint density at radius 1 is 1.12 bits per heavy atom. The van der Waals surface area contributed by atoms with Gasteiger partial charge in [-0.15, -0.1) is 0 Å². The standard InChI is InChI=1S/C11H12Cl3NO/c12-6-4-7(13)11(8(14)5-6)15-9-2-1-3-10(9)16/h4-5,9-10,15-16H,1-3H2/t9-,10-/m0/s1. The number of benzene rings is 1. The summed E-state index contributed by atoms with van der Waals surface area (Å²) in [5, 5.41) is 14.4. The first-order valence-electron chi connectivity index (χ1n) is 5.17. The number of anilines is 1. The molecule has 0 unspecified atom stereocenters. The van der Waals surface area contributed by atoms with E-state index in [9.17, 15) is 5.11 Å². The van der Waals surface area contributed by atoms with Crippen LogP contribution < -0.4 is 5.32 Å². The summed E-state index contributed by atoms with van der Waals surface area (Å²) in [5.41, 5.74) is 0.652. The van der Waals surface area contributed by atoms with Gasteiger partial charge in [-0.3, -0.25) is 0 Å². The molecule has 0 bridgehead atoms. The van der Waals surface area contributed by atoms with Crippen molar-refractivity contribution < 1.29 is 5.11 Å². The number of nitrogens with one attached hydrogen (secondary N) is 1. The Morgan fingerprint density at radius 3 is 2.25 bits per heavy atom. The number of rotatable bonds is 2. The quantitative estimate of drug-likeness (QED) is 0.859. The summed E-state index contributed by atoms with van der Waals surface area (Å²) < 4.78 is 0. The van der Waals surface area contributed by atoms with Gasteiger partial charge in [0.15, 0.2) is 0 Å². The van der Waals surface area contributed by atoms with Crippen LogP contribution in [0.15, 0.2) is 12.1 Å². The predicted molar refractivity (Wildman–Crippen MR) is 68.7 cm³/mol. The summed E-state index contributed by atoms with van der Waals surface area (Å²) in [6, 6.07) is 3.30. The second-order valence-corrected chi connectivity index (χ2v) is 5.24. The normalized spacial score (nSPS) is 24.8. The molecule has 1 aliphatic carbocycles. The van der Waals surface area contributed by atoms with Crippen molar-refractivity contribution in [3.63, 3.8) is 0 Å². The highest BCUT2D eigenvalue weighted by molar-refractivity contribution is 6.41. The van der Waals surface area contributed by atoms with Gasteiger partial charge in [-0.05, 0) is 31.4 Å². The maximum absolute atomic E-state index is 9.71. The minimum Gasteiger partial charge on any atom is -0.391 e. The molecule has 2 atom stereocenters. The molecule has 2 rings (SSSR count). The first-order chi connectivity index (χ1) is 7.58. The molecule has 16 heavy (non-hydrogen) atoms. The second-order valence-electron chi connectivity index (χ2n) is 3.99. The van der Waals surface area contributed by atoms with Crippen LogP contribution in [0.1, 0.15) is 19.3 Å². The summed E-state index contributed by atoms with van der Waals surface area (Å²) in [7, 11) is 0. The fourth-order valence-corrected chi connectivity index (χ4v) is 2.90. The average Bonchev–Trinajstić information content (AvgIpc) is 2.57. The van der Waals surface area contributed by atoms with Gasteiger partial charge in [0, 0.05) is 5.02 Å². The van der Waals surface area contributed by atoms with E-state index in [2.05, 4.69) is 5.32 Å². The van der Waals surface area contributed by atoms with Crippen LogP contribution in [0, 0.1) is 0 Å². The van der Waals surface area contributed by atoms with Crippen molar-refractivity contribution in [3.05, 3.63) is 27.2 Å². The molecule has 0 saturated heterocycles. The highest BCUT2D eigenvalue weighted by Crippen LogP contribution is 2.35. The molecule has 1 aromatic rings. The molecule has 1 aliphatic rings. The Bertz CT molecular complexity index is 374. The van der Waals surface area contributed by atoms with Gasteiger partial charge < -0.3 is 10.4 Å². The highest BCUT2D eigenvalue weighted by atomic mass is 35.5. The molecule has 88 valence electrons. The van der Waals surface area contributed by atoms with E-state index in [0.717, 1.165) is 19.3 Å². The molecule has 0 spiro atoms. The summed E-state index contributed by atoms with van der Waals surface area (Å²) in [4.78, 5) is 0. The lowest BCUT2D eigenvalue weighted by Crippen LogP contribution is -2.28. The van der Waals surface area contributed by atoms with Gasteiger partial charge in [-0.1, -0.05) is 34.8 Å². The summed E-state index contributed by atoms with van der Waals surface area (Å²) >= 11 is 17.9. The van der Waals surface area contributed by atoms with Crippen LogP contribution in [0.5, 0.6) is 0 Å². The van der Waals surface area contributed by atoms with Crippen LogP contribution >= 0.6 is 34.8 Å². The molecular formula is C11H12Cl3NO. The van der Waals surface area contributed by atoms with Crippen molar-refractivity contribution in [1.82, 2.24) is 0 Å². The lowest BCUT2D eigenvalue weighted by Gasteiger charge is -2.19. The zero-order chi connectivity index (χ0) is 11.7. The van der Waals surface area contributed by atoms with E-state index in [0.29, 0.717) is 20.8 Å². The summed E-state index contributed by atoms with van der Waals surface area (Å²) in [5.74, 6) is 0. The first kappa shape index (κ1) is 12.3. The fraction of sp³-hybridized carbons (Fsp3) is 0.455. The van der Waals surface area contributed by atoms with E-state index in [1.807, 2.05) is 0 Å². The predicted octanol–water partition coefficient (Wildman–Crippen LogP) is 3.97.